The summed E-state index contributed by atoms with van der Waals surface area (Å²) < 4.78 is 0. The second-order valence-corrected chi connectivity index (χ2v) is 7.28. The van der Waals surface area contributed by atoms with Crippen LogP contribution in [-0.2, 0) is 11.2 Å². The molecule has 3 aromatic rings. The maximum atomic E-state index is 12.8. The number of rotatable bonds is 5. The minimum absolute atomic E-state index is 0.205. The molecule has 1 aliphatic rings. The number of hydrogen-bond acceptors (Lipinski definition) is 4. The molecule has 4 rings (SSSR count). The first-order valence-electron chi connectivity index (χ1n) is 8.95. The maximum Gasteiger partial charge on any atom is 0.268 e. The topological polar surface area (TPSA) is 98.3 Å². The van der Waals surface area contributed by atoms with Crippen LogP contribution in [0.2, 0.25) is 5.15 Å². The summed E-state index contributed by atoms with van der Waals surface area (Å²) in [4.78, 5) is 34.1. The molecule has 0 unspecified atom stereocenters. The lowest BCUT2D eigenvalue weighted by Gasteiger charge is -2.38. The quantitative estimate of drug-likeness (QED) is 0.570. The zero-order valence-corrected chi connectivity index (χ0v) is 15.7. The Morgan fingerprint density at radius 2 is 2.04 bits per heavy atom. The molecule has 1 atom stereocenters. The van der Waals surface area contributed by atoms with Crippen molar-refractivity contribution in [3.8, 4) is 0 Å². The van der Waals surface area contributed by atoms with Crippen molar-refractivity contribution in [3.05, 3.63) is 65.1 Å². The van der Waals surface area contributed by atoms with Crippen LogP contribution in [0.5, 0.6) is 0 Å². The first-order chi connectivity index (χ1) is 13.5. The summed E-state index contributed by atoms with van der Waals surface area (Å²) >= 11 is 5.90. The van der Waals surface area contributed by atoms with E-state index in [1.165, 1.54) is 0 Å². The smallest absolute Gasteiger partial charge is 0.268 e. The SMILES string of the molecule is O=C(N[C@@H](Cc1ccccc1)C(=O)N1CC(O)C1)c1cc2cc(Cl)ncc2[nH]1. The van der Waals surface area contributed by atoms with Gasteiger partial charge in [-0.2, -0.15) is 0 Å². The van der Waals surface area contributed by atoms with Gasteiger partial charge in [-0.3, -0.25) is 9.59 Å². The van der Waals surface area contributed by atoms with Crippen LogP contribution in [0.3, 0.4) is 0 Å². The fraction of sp³-hybridized carbons (Fsp3) is 0.250. The van der Waals surface area contributed by atoms with Gasteiger partial charge in [-0.05, 0) is 17.7 Å². The number of aromatic nitrogens is 2. The van der Waals surface area contributed by atoms with Gasteiger partial charge in [0.1, 0.15) is 16.9 Å². The fourth-order valence-electron chi connectivity index (χ4n) is 3.27. The molecule has 0 spiro atoms. The maximum absolute atomic E-state index is 12.8. The minimum atomic E-state index is -0.726. The van der Waals surface area contributed by atoms with E-state index in [2.05, 4.69) is 15.3 Å². The van der Waals surface area contributed by atoms with E-state index >= 15 is 0 Å². The first kappa shape index (κ1) is 18.5. The summed E-state index contributed by atoms with van der Waals surface area (Å²) in [5.74, 6) is -0.592. The minimum Gasteiger partial charge on any atom is -0.389 e. The van der Waals surface area contributed by atoms with E-state index in [4.69, 9.17) is 11.6 Å². The number of fused-ring (bicyclic) bond motifs is 1. The number of pyridine rings is 1. The van der Waals surface area contributed by atoms with Gasteiger partial charge in [0.25, 0.3) is 5.91 Å². The Morgan fingerprint density at radius 3 is 2.75 bits per heavy atom. The third-order valence-electron chi connectivity index (χ3n) is 4.78. The molecule has 2 aromatic heterocycles. The Hall–Kier alpha value is -2.90. The molecule has 1 aliphatic heterocycles. The molecule has 3 heterocycles. The van der Waals surface area contributed by atoms with Gasteiger partial charge in [-0.1, -0.05) is 41.9 Å². The van der Waals surface area contributed by atoms with Crippen LogP contribution in [0.1, 0.15) is 16.1 Å². The molecule has 7 nitrogen and oxygen atoms in total. The van der Waals surface area contributed by atoms with Crippen LogP contribution in [0, 0.1) is 0 Å². The number of aliphatic hydroxyl groups excluding tert-OH is 1. The number of aromatic amines is 1. The van der Waals surface area contributed by atoms with Crippen LogP contribution in [0.4, 0.5) is 0 Å². The summed E-state index contributed by atoms with van der Waals surface area (Å²) in [6.45, 7) is 0.576. The molecular weight excluding hydrogens is 380 g/mol. The number of halogens is 1. The van der Waals surface area contributed by atoms with Crippen molar-refractivity contribution in [2.24, 2.45) is 0 Å². The molecule has 8 heteroatoms. The van der Waals surface area contributed by atoms with Gasteiger partial charge in [-0.25, -0.2) is 4.98 Å². The van der Waals surface area contributed by atoms with Crippen molar-refractivity contribution in [2.75, 3.05) is 13.1 Å². The van der Waals surface area contributed by atoms with E-state index in [1.807, 2.05) is 30.3 Å². The number of β-amino-alcohol motifs (C(OH)–C–C–N with tert-alkyl or cyclic N) is 1. The highest BCUT2D eigenvalue weighted by atomic mass is 35.5. The predicted molar refractivity (Wildman–Crippen MR) is 105 cm³/mol. The van der Waals surface area contributed by atoms with Gasteiger partial charge in [0.05, 0.1) is 17.8 Å². The Kier molecular flexibility index (Phi) is 5.02. The van der Waals surface area contributed by atoms with Crippen LogP contribution in [0.25, 0.3) is 10.9 Å². The molecule has 2 amide bonds. The monoisotopic (exact) mass is 398 g/mol. The van der Waals surface area contributed by atoms with Crippen molar-refractivity contribution in [1.29, 1.82) is 0 Å². The number of carbonyl (C=O) groups excluding carboxylic acids is 2. The highest BCUT2D eigenvalue weighted by Crippen LogP contribution is 2.18. The summed E-state index contributed by atoms with van der Waals surface area (Å²) in [7, 11) is 0. The molecule has 0 saturated carbocycles. The van der Waals surface area contributed by atoms with E-state index in [-0.39, 0.29) is 24.9 Å². The van der Waals surface area contributed by atoms with Gasteiger partial charge >= 0.3 is 0 Å². The van der Waals surface area contributed by atoms with E-state index in [0.29, 0.717) is 22.8 Å². The lowest BCUT2D eigenvalue weighted by atomic mass is 10.0. The number of carbonyl (C=O) groups is 2. The Balaban J connectivity index is 1.54. The van der Waals surface area contributed by atoms with Crippen molar-refractivity contribution in [2.45, 2.75) is 18.6 Å². The Morgan fingerprint density at radius 1 is 1.29 bits per heavy atom. The van der Waals surface area contributed by atoms with Gasteiger partial charge in [0.2, 0.25) is 5.91 Å². The summed E-state index contributed by atoms with van der Waals surface area (Å²) in [5, 5.41) is 13.4. The average Bonchev–Trinajstić information content (AvgIpc) is 3.08. The van der Waals surface area contributed by atoms with Crippen molar-refractivity contribution in [1.82, 2.24) is 20.2 Å². The number of likely N-dealkylation sites (tertiary alicyclic amines) is 1. The van der Waals surface area contributed by atoms with Gasteiger partial charge < -0.3 is 20.3 Å². The van der Waals surface area contributed by atoms with Gasteiger partial charge in [0, 0.05) is 24.9 Å². The third kappa shape index (κ3) is 3.85. The first-order valence-corrected chi connectivity index (χ1v) is 9.33. The van der Waals surface area contributed by atoms with E-state index < -0.39 is 12.1 Å². The van der Waals surface area contributed by atoms with Gasteiger partial charge in [-0.15, -0.1) is 0 Å². The number of benzene rings is 1. The highest BCUT2D eigenvalue weighted by Gasteiger charge is 2.34. The number of H-pyrrole nitrogens is 1. The molecule has 0 aliphatic carbocycles. The summed E-state index contributed by atoms with van der Waals surface area (Å²) in [6.07, 6.45) is 1.43. The molecule has 1 fully saturated rings. The highest BCUT2D eigenvalue weighted by molar-refractivity contribution is 6.30. The molecule has 0 radical (unpaired) electrons. The number of aliphatic hydroxyl groups is 1. The molecule has 1 aromatic carbocycles. The predicted octanol–water partition coefficient (Wildman–Crippen LogP) is 1.76. The third-order valence-corrected chi connectivity index (χ3v) is 4.98. The van der Waals surface area contributed by atoms with E-state index in [0.717, 1.165) is 10.9 Å². The van der Waals surface area contributed by atoms with Crippen molar-refractivity contribution < 1.29 is 14.7 Å². The molecule has 28 heavy (non-hydrogen) atoms. The number of nitrogens with one attached hydrogen (secondary N) is 2. The summed E-state index contributed by atoms with van der Waals surface area (Å²) in [5.41, 5.74) is 1.95. The van der Waals surface area contributed by atoms with Crippen LogP contribution in [-0.4, -0.2) is 57.0 Å². The number of amides is 2. The van der Waals surface area contributed by atoms with Crippen LogP contribution >= 0.6 is 11.6 Å². The van der Waals surface area contributed by atoms with Crippen molar-refractivity contribution in [3.63, 3.8) is 0 Å². The van der Waals surface area contributed by atoms with E-state index in [1.54, 1.807) is 23.2 Å². The van der Waals surface area contributed by atoms with Crippen LogP contribution < -0.4 is 5.32 Å². The molecule has 0 bridgehead atoms. The largest absolute Gasteiger partial charge is 0.389 e. The second-order valence-electron chi connectivity index (χ2n) is 6.89. The van der Waals surface area contributed by atoms with Crippen LogP contribution in [0.15, 0.2) is 48.7 Å². The fourth-order valence-corrected chi connectivity index (χ4v) is 3.43. The Bertz CT molecular complexity index is 1010. The molecule has 1 saturated heterocycles. The average molecular weight is 399 g/mol. The number of hydrogen-bond donors (Lipinski definition) is 3. The Labute approximate surface area is 166 Å². The van der Waals surface area contributed by atoms with Crippen molar-refractivity contribution >= 4 is 34.3 Å². The van der Waals surface area contributed by atoms with Gasteiger partial charge in [0.15, 0.2) is 0 Å². The lowest BCUT2D eigenvalue weighted by Crippen LogP contribution is -2.59. The normalized spacial score (nSPS) is 15.3. The molecule has 144 valence electrons. The zero-order valence-electron chi connectivity index (χ0n) is 14.9. The lowest BCUT2D eigenvalue weighted by molar-refractivity contribution is -0.143. The molecular formula is C20H19ClN4O3. The molecule has 3 N–H and O–H groups in total. The van der Waals surface area contributed by atoms with E-state index in [9.17, 15) is 14.7 Å². The number of nitrogens with zero attached hydrogens (tertiary/aromatic N) is 2. The standard InChI is InChI=1S/C20H19ClN4O3/c21-18-8-13-7-15(23-17(13)9-22-18)19(27)24-16(6-12-4-2-1-3-5-12)20(28)25-10-14(26)11-25/h1-5,7-9,14,16,23,26H,6,10-11H2,(H,24,27)/t16-/m0/s1. The second kappa shape index (κ2) is 7.61. The zero-order chi connectivity index (χ0) is 19.7. The summed E-state index contributed by atoms with van der Waals surface area (Å²) in [6, 6.07) is 12.1.